The Kier molecular flexibility index (Phi) is 12.8. The molecule has 0 bridgehead atoms. The number of carbonyl (C=O) groups is 2. The van der Waals surface area contributed by atoms with Crippen LogP contribution in [0.15, 0.2) is 0 Å². The first-order valence-corrected chi connectivity index (χ1v) is 10.1. The van der Waals surface area contributed by atoms with Gasteiger partial charge in [0.1, 0.15) is 12.6 Å². The smallest absolute Gasteiger partial charge is 0.480 e. The molecular weight excluding hydrogens is 528 g/mol. The number of rotatable bonds is 6. The van der Waals surface area contributed by atoms with Crippen molar-refractivity contribution >= 4 is 20.0 Å². The summed E-state index contributed by atoms with van der Waals surface area (Å²) in [6, 6.07) is -0.786. The molecule has 1 aromatic rings. The van der Waals surface area contributed by atoms with Crippen LogP contribution in [0.5, 0.6) is 0 Å². The minimum atomic E-state index is -1.01. The molecule has 0 radical (unpaired) electrons. The molecule has 10 heteroatoms. The van der Waals surface area contributed by atoms with Crippen molar-refractivity contribution in [3.05, 3.63) is 11.9 Å². The molecule has 1 fully saturated rings. The number of carboxylic acids is 1. The molecule has 0 aliphatic carbocycles. The summed E-state index contributed by atoms with van der Waals surface area (Å²) in [5.74, 6) is -1.01. The Labute approximate surface area is 165 Å². The van der Waals surface area contributed by atoms with Crippen molar-refractivity contribution in [1.29, 1.82) is 0 Å². The predicted octanol–water partition coefficient (Wildman–Crippen LogP) is 2.32. The van der Waals surface area contributed by atoms with Crippen molar-refractivity contribution in [1.82, 2.24) is 20.3 Å². The maximum atomic E-state index is 11.6. The minimum Gasteiger partial charge on any atom is -0.480 e. The zero-order valence-electron chi connectivity index (χ0n) is 14.8. The number of aliphatic carboxylic acids is 1. The SMILES string of the molecule is CCP(CC)CC.O=C(O)[C@H]1CCCN1C(=O)OCc1[c-]nn[nH]1.[Au+]. The molecule has 1 atom stereocenters. The van der Waals surface area contributed by atoms with Crippen molar-refractivity contribution in [2.45, 2.75) is 46.3 Å². The zero-order chi connectivity index (χ0) is 17.9. The molecule has 8 nitrogen and oxygen atoms in total. The van der Waals surface area contributed by atoms with Gasteiger partial charge in [-0.15, -0.1) is 13.1 Å². The molecule has 0 saturated carbocycles. The fraction of sp³-hybridized carbons (Fsp3) is 0.733. The fourth-order valence-corrected chi connectivity index (χ4v) is 3.73. The molecule has 1 amide bonds. The molecule has 1 aromatic heterocycles. The van der Waals surface area contributed by atoms with Crippen LogP contribution in [0, 0.1) is 6.20 Å². The largest absolute Gasteiger partial charge is 1.00 e. The number of nitrogens with zero attached hydrogens (tertiary/aromatic N) is 3. The Bertz CT molecular complexity index is 494. The van der Waals surface area contributed by atoms with E-state index in [0.29, 0.717) is 33.0 Å². The summed E-state index contributed by atoms with van der Waals surface area (Å²) >= 11 is 0. The second-order valence-corrected chi connectivity index (χ2v) is 8.50. The van der Waals surface area contributed by atoms with Crippen LogP contribution < -0.4 is 0 Å². The van der Waals surface area contributed by atoms with Gasteiger partial charge in [0.15, 0.2) is 0 Å². The Morgan fingerprint density at radius 2 is 2.00 bits per heavy atom. The first-order valence-electron chi connectivity index (χ1n) is 8.19. The number of hydrogen-bond acceptors (Lipinski definition) is 5. The van der Waals surface area contributed by atoms with Gasteiger partial charge in [-0.05, 0) is 31.3 Å². The maximum Gasteiger partial charge on any atom is 1.00 e. The summed E-state index contributed by atoms with van der Waals surface area (Å²) < 4.78 is 4.93. The van der Waals surface area contributed by atoms with Crippen LogP contribution in [0.3, 0.4) is 0 Å². The number of aromatic nitrogens is 3. The molecule has 1 aliphatic heterocycles. The Balaban J connectivity index is 0.000000620. The number of H-pyrrole nitrogens is 1. The molecular formula is C15H26AuN4O4P. The van der Waals surface area contributed by atoms with Gasteiger partial charge in [-0.1, -0.05) is 26.5 Å². The van der Waals surface area contributed by atoms with E-state index in [1.54, 1.807) is 0 Å². The van der Waals surface area contributed by atoms with Crippen LogP contribution in [-0.4, -0.2) is 68.6 Å². The molecule has 0 aromatic carbocycles. The quantitative estimate of drug-likeness (QED) is 0.318. The van der Waals surface area contributed by atoms with Gasteiger partial charge < -0.3 is 21.1 Å². The van der Waals surface area contributed by atoms with E-state index >= 15 is 0 Å². The van der Waals surface area contributed by atoms with Crippen LogP contribution in [0.25, 0.3) is 0 Å². The third kappa shape index (κ3) is 8.31. The second-order valence-electron chi connectivity index (χ2n) is 5.27. The molecule has 0 unspecified atom stereocenters. The molecule has 2 N–H and O–H groups in total. The molecule has 2 rings (SSSR count). The molecule has 1 saturated heterocycles. The number of amides is 1. The Morgan fingerprint density at radius 1 is 1.36 bits per heavy atom. The average molecular weight is 554 g/mol. The number of carbonyl (C=O) groups excluding carboxylic acids is 1. The predicted molar refractivity (Wildman–Crippen MR) is 91.3 cm³/mol. The maximum absolute atomic E-state index is 11.6. The first-order chi connectivity index (χ1) is 11.5. The van der Waals surface area contributed by atoms with Gasteiger partial charge in [-0.3, -0.25) is 10.00 Å². The van der Waals surface area contributed by atoms with Crippen LogP contribution in [-0.2, 0) is 38.5 Å². The van der Waals surface area contributed by atoms with E-state index in [2.05, 4.69) is 42.4 Å². The van der Waals surface area contributed by atoms with Gasteiger partial charge in [-0.2, -0.15) is 0 Å². The van der Waals surface area contributed by atoms with E-state index in [-0.39, 0.29) is 29.0 Å². The summed E-state index contributed by atoms with van der Waals surface area (Å²) in [5.41, 5.74) is 0.435. The van der Waals surface area contributed by atoms with Crippen LogP contribution in [0.4, 0.5) is 4.79 Å². The number of ether oxygens (including phenoxy) is 1. The van der Waals surface area contributed by atoms with Gasteiger partial charge in [0.05, 0.1) is 0 Å². The van der Waals surface area contributed by atoms with Crippen LogP contribution in [0.1, 0.15) is 39.3 Å². The number of aromatic amines is 1. The van der Waals surface area contributed by atoms with E-state index in [0.717, 1.165) is 0 Å². The van der Waals surface area contributed by atoms with Crippen molar-refractivity contribution in [3.8, 4) is 0 Å². The minimum absolute atomic E-state index is 0. The van der Waals surface area contributed by atoms with Gasteiger partial charge >= 0.3 is 34.4 Å². The molecule has 0 spiro atoms. The fourth-order valence-electron chi connectivity index (χ4n) is 2.39. The summed E-state index contributed by atoms with van der Waals surface area (Å²) in [5, 5.41) is 18.2. The normalized spacial score (nSPS) is 16.0. The van der Waals surface area contributed by atoms with E-state index in [4.69, 9.17) is 9.84 Å². The Morgan fingerprint density at radius 3 is 2.44 bits per heavy atom. The number of carboxylic acid groups (broad SMARTS) is 1. The summed E-state index contributed by atoms with van der Waals surface area (Å²) in [4.78, 5) is 23.7. The van der Waals surface area contributed by atoms with Gasteiger partial charge in [0, 0.05) is 6.54 Å². The van der Waals surface area contributed by atoms with Gasteiger partial charge in [-0.25, -0.2) is 9.59 Å². The zero-order valence-corrected chi connectivity index (χ0v) is 17.9. The monoisotopic (exact) mass is 554 g/mol. The Hall–Kier alpha value is -0.950. The number of hydrogen-bond donors (Lipinski definition) is 2. The summed E-state index contributed by atoms with van der Waals surface area (Å²) in [6.45, 7) is 7.23. The van der Waals surface area contributed by atoms with E-state index in [1.807, 2.05) is 0 Å². The molecule has 146 valence electrons. The third-order valence-electron chi connectivity index (χ3n) is 3.87. The third-order valence-corrected chi connectivity index (χ3v) is 6.56. The topological polar surface area (TPSA) is 108 Å². The first kappa shape index (κ1) is 24.1. The molecule has 25 heavy (non-hydrogen) atoms. The standard InChI is InChI=1S/C9H11N4O4.C6H15P.Au/c14-8(15)7-2-1-3-13(7)9(16)17-5-6-4-10-12-11-6;1-4-7(5-2)6-3;/h7H,1-3,5H2,(H,14,15)(H,10,11,12);4-6H2,1-3H3;/q-1;;+1/t7-;;/m1../s1. The number of nitrogens with one attached hydrogen (secondary N) is 1. The van der Waals surface area contributed by atoms with E-state index < -0.39 is 18.1 Å². The van der Waals surface area contributed by atoms with Crippen LogP contribution >= 0.6 is 7.92 Å². The van der Waals surface area contributed by atoms with Gasteiger partial charge in [0.2, 0.25) is 0 Å². The van der Waals surface area contributed by atoms with Crippen molar-refractivity contribution in [2.24, 2.45) is 0 Å². The average Bonchev–Trinajstić information content (AvgIpc) is 3.26. The van der Waals surface area contributed by atoms with Crippen molar-refractivity contribution in [2.75, 3.05) is 25.0 Å². The van der Waals surface area contributed by atoms with E-state index in [1.165, 1.54) is 23.4 Å². The van der Waals surface area contributed by atoms with Crippen LogP contribution in [0.2, 0.25) is 0 Å². The van der Waals surface area contributed by atoms with Gasteiger partial charge in [0.25, 0.3) is 0 Å². The number of likely N-dealkylation sites (tertiary alicyclic amines) is 1. The molecule has 1 aliphatic rings. The molecule has 2 heterocycles. The van der Waals surface area contributed by atoms with E-state index in [9.17, 15) is 9.59 Å². The van der Waals surface area contributed by atoms with Crippen molar-refractivity contribution < 1.29 is 41.8 Å². The summed E-state index contributed by atoms with van der Waals surface area (Å²) in [7, 11) is 0.446. The summed E-state index contributed by atoms with van der Waals surface area (Å²) in [6.07, 6.45) is 7.24. The van der Waals surface area contributed by atoms with Crippen molar-refractivity contribution in [3.63, 3.8) is 0 Å². The second kappa shape index (κ2) is 13.3.